The molecule has 1 aliphatic rings. The Morgan fingerprint density at radius 3 is 1.50 bits per heavy atom. The van der Waals surface area contributed by atoms with Gasteiger partial charge in [0.1, 0.15) is 0 Å². The standard InChI is InChI=1S/C19H14Cl2O/c1-11-12(2)18(14-6-4-8-16(21)10-14)19(22)17(11)13-5-3-7-15(20)9-13/h3-10H,1-2H3. The van der Waals surface area contributed by atoms with E-state index in [-0.39, 0.29) is 5.78 Å². The first-order valence-corrected chi connectivity index (χ1v) is 7.73. The van der Waals surface area contributed by atoms with Gasteiger partial charge in [-0.1, -0.05) is 47.5 Å². The number of ketones is 1. The molecule has 0 aromatic heterocycles. The summed E-state index contributed by atoms with van der Waals surface area (Å²) in [7, 11) is 0. The van der Waals surface area contributed by atoms with Crippen LogP contribution >= 0.6 is 23.2 Å². The van der Waals surface area contributed by atoms with E-state index in [4.69, 9.17) is 23.2 Å². The van der Waals surface area contributed by atoms with Crippen LogP contribution in [0.4, 0.5) is 0 Å². The summed E-state index contributed by atoms with van der Waals surface area (Å²) in [5.41, 5.74) is 5.12. The summed E-state index contributed by atoms with van der Waals surface area (Å²) in [4.78, 5) is 12.9. The molecule has 0 fully saturated rings. The molecular formula is C19H14Cl2O. The summed E-state index contributed by atoms with van der Waals surface area (Å²) < 4.78 is 0. The second-order valence-corrected chi connectivity index (χ2v) is 6.22. The molecule has 0 aliphatic heterocycles. The lowest BCUT2D eigenvalue weighted by Crippen LogP contribution is -2.01. The number of carbonyl (C=O) groups is 1. The van der Waals surface area contributed by atoms with Crippen LogP contribution in [-0.2, 0) is 4.79 Å². The molecule has 1 nitrogen and oxygen atoms in total. The smallest absolute Gasteiger partial charge is 0.194 e. The average Bonchev–Trinajstić information content (AvgIpc) is 2.69. The van der Waals surface area contributed by atoms with Crippen LogP contribution in [0.15, 0.2) is 59.7 Å². The summed E-state index contributed by atoms with van der Waals surface area (Å²) in [5.74, 6) is 0.0273. The van der Waals surface area contributed by atoms with Gasteiger partial charge >= 0.3 is 0 Å². The molecule has 0 saturated carbocycles. The Bertz CT molecular complexity index is 775. The van der Waals surface area contributed by atoms with Gasteiger partial charge in [-0.3, -0.25) is 4.79 Å². The molecule has 2 aromatic carbocycles. The molecule has 0 radical (unpaired) electrons. The highest BCUT2D eigenvalue weighted by molar-refractivity contribution is 6.47. The third-order valence-corrected chi connectivity index (χ3v) is 4.46. The zero-order valence-electron chi connectivity index (χ0n) is 12.3. The summed E-state index contributed by atoms with van der Waals surface area (Å²) in [6.07, 6.45) is 0. The van der Waals surface area contributed by atoms with E-state index >= 15 is 0 Å². The molecule has 0 spiro atoms. The fourth-order valence-corrected chi connectivity index (χ4v) is 3.20. The van der Waals surface area contributed by atoms with Crippen LogP contribution in [0.1, 0.15) is 25.0 Å². The molecule has 0 amide bonds. The SMILES string of the molecule is CC1=C(c2cccc(Cl)c2)C(=O)C(c2cccc(Cl)c2)=C1C. The van der Waals surface area contributed by atoms with Crippen molar-refractivity contribution in [2.45, 2.75) is 13.8 Å². The van der Waals surface area contributed by atoms with Gasteiger partial charge in [0.05, 0.1) is 0 Å². The van der Waals surface area contributed by atoms with Gasteiger partial charge in [0.15, 0.2) is 5.78 Å². The number of benzene rings is 2. The maximum absolute atomic E-state index is 12.9. The van der Waals surface area contributed by atoms with Crippen molar-refractivity contribution < 1.29 is 4.79 Å². The Labute approximate surface area is 139 Å². The third kappa shape index (κ3) is 2.51. The number of hydrogen-bond acceptors (Lipinski definition) is 1. The molecule has 0 saturated heterocycles. The molecule has 3 rings (SSSR count). The van der Waals surface area contributed by atoms with Crippen LogP contribution in [0.25, 0.3) is 11.1 Å². The Kier molecular flexibility index (Phi) is 3.94. The molecule has 0 N–H and O–H groups in total. The van der Waals surface area contributed by atoms with Crippen LogP contribution in [0.5, 0.6) is 0 Å². The van der Waals surface area contributed by atoms with Gasteiger partial charge in [-0.2, -0.15) is 0 Å². The Hall–Kier alpha value is -1.83. The van der Waals surface area contributed by atoms with Gasteiger partial charge in [-0.25, -0.2) is 0 Å². The van der Waals surface area contributed by atoms with Gasteiger partial charge in [0, 0.05) is 21.2 Å². The largest absolute Gasteiger partial charge is 0.289 e. The van der Waals surface area contributed by atoms with E-state index in [2.05, 4.69) is 0 Å². The quantitative estimate of drug-likeness (QED) is 0.678. The van der Waals surface area contributed by atoms with Crippen molar-refractivity contribution in [3.05, 3.63) is 80.8 Å². The average molecular weight is 329 g/mol. The van der Waals surface area contributed by atoms with Crippen molar-refractivity contribution in [3.63, 3.8) is 0 Å². The predicted octanol–water partition coefficient (Wildman–Crippen LogP) is 5.82. The van der Waals surface area contributed by atoms with Crippen molar-refractivity contribution in [1.82, 2.24) is 0 Å². The maximum atomic E-state index is 12.9. The van der Waals surface area contributed by atoms with Gasteiger partial charge < -0.3 is 0 Å². The zero-order valence-corrected chi connectivity index (χ0v) is 13.8. The first-order chi connectivity index (χ1) is 10.5. The summed E-state index contributed by atoms with van der Waals surface area (Å²) in [6, 6.07) is 14.8. The molecule has 3 heteroatoms. The van der Waals surface area contributed by atoms with Crippen LogP contribution in [-0.4, -0.2) is 5.78 Å². The molecule has 0 atom stereocenters. The molecule has 0 unspecified atom stereocenters. The van der Waals surface area contributed by atoms with Crippen LogP contribution in [0, 0.1) is 0 Å². The van der Waals surface area contributed by atoms with Gasteiger partial charge in [-0.15, -0.1) is 0 Å². The lowest BCUT2D eigenvalue weighted by Gasteiger charge is -2.07. The number of allylic oxidation sites excluding steroid dienone is 4. The Morgan fingerprint density at radius 2 is 1.14 bits per heavy atom. The van der Waals surface area contributed by atoms with Gasteiger partial charge in [0.2, 0.25) is 0 Å². The highest BCUT2D eigenvalue weighted by atomic mass is 35.5. The Balaban J connectivity index is 2.11. The number of Topliss-reactive ketones (excluding diaryl/α,β-unsaturated/α-hetero) is 1. The molecular weight excluding hydrogens is 315 g/mol. The predicted molar refractivity (Wildman–Crippen MR) is 93.1 cm³/mol. The minimum absolute atomic E-state index is 0.0273. The van der Waals surface area contributed by atoms with Gasteiger partial charge in [0.25, 0.3) is 0 Å². The van der Waals surface area contributed by atoms with Crippen molar-refractivity contribution in [2.24, 2.45) is 0 Å². The topological polar surface area (TPSA) is 17.1 Å². The molecule has 0 heterocycles. The van der Waals surface area contributed by atoms with Gasteiger partial charge in [-0.05, 0) is 60.4 Å². The van der Waals surface area contributed by atoms with E-state index in [1.807, 2.05) is 50.2 Å². The zero-order chi connectivity index (χ0) is 15.9. The minimum atomic E-state index is 0.0273. The number of carbonyl (C=O) groups excluding carboxylic acids is 1. The first kappa shape index (κ1) is 15.1. The fraction of sp³-hybridized carbons (Fsp3) is 0.105. The van der Waals surface area contributed by atoms with Crippen LogP contribution in [0.2, 0.25) is 10.0 Å². The van der Waals surface area contributed by atoms with Crippen molar-refractivity contribution in [2.75, 3.05) is 0 Å². The second kappa shape index (κ2) is 5.75. The minimum Gasteiger partial charge on any atom is -0.289 e. The summed E-state index contributed by atoms with van der Waals surface area (Å²) >= 11 is 12.1. The number of hydrogen-bond donors (Lipinski definition) is 0. The second-order valence-electron chi connectivity index (χ2n) is 5.35. The molecule has 2 aromatic rings. The van der Waals surface area contributed by atoms with Crippen molar-refractivity contribution >= 4 is 40.1 Å². The number of halogens is 2. The normalized spacial score (nSPS) is 15.0. The lowest BCUT2D eigenvalue weighted by molar-refractivity contribution is -0.108. The fourth-order valence-electron chi connectivity index (χ4n) is 2.82. The van der Waals surface area contributed by atoms with E-state index in [0.29, 0.717) is 10.0 Å². The van der Waals surface area contributed by atoms with E-state index in [0.717, 1.165) is 33.4 Å². The van der Waals surface area contributed by atoms with E-state index in [1.165, 1.54) is 0 Å². The van der Waals surface area contributed by atoms with Crippen molar-refractivity contribution in [3.8, 4) is 0 Å². The molecule has 22 heavy (non-hydrogen) atoms. The highest BCUT2D eigenvalue weighted by Gasteiger charge is 2.29. The van der Waals surface area contributed by atoms with E-state index < -0.39 is 0 Å². The highest BCUT2D eigenvalue weighted by Crippen LogP contribution is 2.40. The first-order valence-electron chi connectivity index (χ1n) is 6.97. The molecule has 0 bridgehead atoms. The third-order valence-electron chi connectivity index (χ3n) is 3.99. The lowest BCUT2D eigenvalue weighted by atomic mass is 9.96. The number of rotatable bonds is 2. The summed E-state index contributed by atoms with van der Waals surface area (Å²) in [6.45, 7) is 3.95. The maximum Gasteiger partial charge on any atom is 0.194 e. The van der Waals surface area contributed by atoms with E-state index in [1.54, 1.807) is 12.1 Å². The monoisotopic (exact) mass is 328 g/mol. The van der Waals surface area contributed by atoms with E-state index in [9.17, 15) is 4.79 Å². The van der Waals surface area contributed by atoms with Crippen LogP contribution < -0.4 is 0 Å². The molecule has 110 valence electrons. The molecule has 1 aliphatic carbocycles. The van der Waals surface area contributed by atoms with Crippen molar-refractivity contribution in [1.29, 1.82) is 0 Å². The van der Waals surface area contributed by atoms with Crippen LogP contribution in [0.3, 0.4) is 0 Å². The Morgan fingerprint density at radius 1 is 0.727 bits per heavy atom. The summed E-state index contributed by atoms with van der Waals surface area (Å²) in [5, 5.41) is 1.25.